The maximum Gasteiger partial charge on any atom is 0.251 e. The van der Waals surface area contributed by atoms with E-state index in [-0.39, 0.29) is 5.91 Å². The maximum atomic E-state index is 12.7. The molecule has 0 aliphatic heterocycles. The quantitative estimate of drug-likeness (QED) is 0.333. The largest absolute Gasteiger partial charge is 0.366 e. The van der Waals surface area contributed by atoms with E-state index in [1.165, 1.54) is 0 Å². The van der Waals surface area contributed by atoms with Crippen LogP contribution >= 0.6 is 0 Å². The Morgan fingerprint density at radius 1 is 0.906 bits per heavy atom. The molecule has 0 saturated carbocycles. The predicted octanol–water partition coefficient (Wildman–Crippen LogP) is 3.18. The minimum absolute atomic E-state index is 0.183. The number of aromatic nitrogens is 4. The molecule has 2 heterocycles. The first-order chi connectivity index (χ1) is 15.6. The molecule has 0 atom stereocenters. The lowest BCUT2D eigenvalue weighted by Crippen LogP contribution is -2.25. The first kappa shape index (κ1) is 19.5. The number of imidazole rings is 2. The zero-order valence-electron chi connectivity index (χ0n) is 17.1. The third kappa shape index (κ3) is 3.69. The molecule has 0 radical (unpaired) electrons. The van der Waals surface area contributed by atoms with Gasteiger partial charge in [0.2, 0.25) is 0 Å². The second-order valence-electron chi connectivity index (χ2n) is 7.44. The van der Waals surface area contributed by atoms with Gasteiger partial charge in [-0.1, -0.05) is 30.3 Å². The molecule has 2 aromatic heterocycles. The van der Waals surface area contributed by atoms with Crippen molar-refractivity contribution in [3.63, 3.8) is 0 Å². The van der Waals surface area contributed by atoms with E-state index in [0.717, 1.165) is 22.4 Å². The van der Waals surface area contributed by atoms with Gasteiger partial charge in [-0.15, -0.1) is 0 Å². The monoisotopic (exact) mass is 424 g/mol. The number of amides is 2. The van der Waals surface area contributed by atoms with E-state index in [9.17, 15) is 9.59 Å². The molecule has 0 bridgehead atoms. The van der Waals surface area contributed by atoms with Crippen LogP contribution in [-0.2, 0) is 6.42 Å². The van der Waals surface area contributed by atoms with Crippen molar-refractivity contribution < 1.29 is 9.59 Å². The van der Waals surface area contributed by atoms with E-state index in [1.807, 2.05) is 36.4 Å². The lowest BCUT2D eigenvalue weighted by molar-refractivity contribution is 0.0952. The Kier molecular flexibility index (Phi) is 4.87. The number of rotatable bonds is 6. The number of primary amides is 1. The molecule has 3 aromatic carbocycles. The minimum atomic E-state index is -0.536. The molecule has 0 saturated heterocycles. The zero-order chi connectivity index (χ0) is 22.1. The number of fused-ring (bicyclic) bond motifs is 2. The number of benzene rings is 3. The average Bonchev–Trinajstić information content (AvgIpc) is 3.42. The van der Waals surface area contributed by atoms with Gasteiger partial charge in [0.1, 0.15) is 17.2 Å². The fourth-order valence-corrected chi connectivity index (χ4v) is 3.70. The molecule has 32 heavy (non-hydrogen) atoms. The highest BCUT2D eigenvalue weighted by molar-refractivity contribution is 6.04. The summed E-state index contributed by atoms with van der Waals surface area (Å²) in [7, 11) is 0. The van der Waals surface area contributed by atoms with Gasteiger partial charge in [-0.3, -0.25) is 9.59 Å². The van der Waals surface area contributed by atoms with Crippen LogP contribution in [0.15, 0.2) is 66.7 Å². The summed E-state index contributed by atoms with van der Waals surface area (Å²) in [5.74, 6) is 0.668. The van der Waals surface area contributed by atoms with Gasteiger partial charge in [-0.25, -0.2) is 9.97 Å². The van der Waals surface area contributed by atoms with E-state index in [0.29, 0.717) is 41.0 Å². The summed E-state index contributed by atoms with van der Waals surface area (Å²) in [5, 5.41) is 2.93. The molecule has 0 spiro atoms. The van der Waals surface area contributed by atoms with E-state index in [1.54, 1.807) is 30.3 Å². The number of nitrogens with two attached hydrogens (primary N) is 1. The summed E-state index contributed by atoms with van der Waals surface area (Å²) in [6.45, 7) is 0.454. The topological polar surface area (TPSA) is 130 Å². The molecule has 0 fully saturated rings. The summed E-state index contributed by atoms with van der Waals surface area (Å²) in [6, 6.07) is 20.2. The second-order valence-corrected chi connectivity index (χ2v) is 7.44. The van der Waals surface area contributed by atoms with Crippen LogP contribution in [0.4, 0.5) is 0 Å². The molecule has 0 unspecified atom stereocenters. The van der Waals surface area contributed by atoms with Crippen LogP contribution in [-0.4, -0.2) is 38.3 Å². The first-order valence-electron chi connectivity index (χ1n) is 10.2. The van der Waals surface area contributed by atoms with Gasteiger partial charge >= 0.3 is 0 Å². The Bertz CT molecular complexity index is 1430. The Morgan fingerprint density at radius 3 is 2.56 bits per heavy atom. The van der Waals surface area contributed by atoms with Crippen molar-refractivity contribution in [2.24, 2.45) is 5.73 Å². The number of H-pyrrole nitrogens is 2. The molecule has 5 aromatic rings. The number of para-hydroxylation sites is 3. The highest BCUT2D eigenvalue weighted by Gasteiger charge is 2.14. The third-order valence-corrected chi connectivity index (χ3v) is 5.26. The standard InChI is InChI=1S/C24H20N6O2/c25-22(31)16-7-4-10-19-21(16)30-23(29-19)14-5-3-6-15(13-14)24(32)26-12-11-20-27-17-8-1-2-9-18(17)28-20/h1-10,13H,11-12H2,(H2,25,31)(H,26,32)(H,27,28)(H,29,30). The summed E-state index contributed by atoms with van der Waals surface area (Å²) < 4.78 is 0. The van der Waals surface area contributed by atoms with Gasteiger partial charge in [0, 0.05) is 24.1 Å². The molecular formula is C24H20N6O2. The number of aromatic amines is 2. The SMILES string of the molecule is NC(=O)c1cccc2[nH]c(-c3cccc(C(=O)NCCc4nc5ccccc5[nH]4)c3)nc12. The Labute approximate surface area is 182 Å². The van der Waals surface area contributed by atoms with Gasteiger partial charge in [-0.2, -0.15) is 0 Å². The molecule has 5 N–H and O–H groups in total. The van der Waals surface area contributed by atoms with Crippen LogP contribution in [0.25, 0.3) is 33.5 Å². The molecule has 158 valence electrons. The van der Waals surface area contributed by atoms with Gasteiger partial charge < -0.3 is 21.0 Å². The van der Waals surface area contributed by atoms with Crippen LogP contribution in [0.3, 0.4) is 0 Å². The Balaban J connectivity index is 1.31. The van der Waals surface area contributed by atoms with Crippen molar-refractivity contribution in [3.8, 4) is 11.4 Å². The van der Waals surface area contributed by atoms with Crippen molar-refractivity contribution >= 4 is 33.9 Å². The highest BCUT2D eigenvalue weighted by Crippen LogP contribution is 2.23. The van der Waals surface area contributed by atoms with E-state index in [4.69, 9.17) is 5.73 Å². The highest BCUT2D eigenvalue weighted by atomic mass is 16.2. The van der Waals surface area contributed by atoms with Gasteiger partial charge in [0.25, 0.3) is 11.8 Å². The van der Waals surface area contributed by atoms with Crippen molar-refractivity contribution in [1.29, 1.82) is 0 Å². The van der Waals surface area contributed by atoms with Crippen molar-refractivity contribution in [3.05, 3.63) is 83.7 Å². The average molecular weight is 424 g/mol. The number of nitrogens with zero attached hydrogens (tertiary/aromatic N) is 2. The number of nitrogens with one attached hydrogen (secondary N) is 3. The number of carbonyl (C=O) groups is 2. The fraction of sp³-hybridized carbons (Fsp3) is 0.0833. The lowest BCUT2D eigenvalue weighted by atomic mass is 10.1. The normalized spacial score (nSPS) is 11.1. The second kappa shape index (κ2) is 7.99. The Hall–Kier alpha value is -4.46. The molecule has 8 heteroatoms. The summed E-state index contributed by atoms with van der Waals surface area (Å²) in [4.78, 5) is 39.8. The number of hydrogen-bond acceptors (Lipinski definition) is 4. The van der Waals surface area contributed by atoms with Crippen LogP contribution < -0.4 is 11.1 Å². The minimum Gasteiger partial charge on any atom is -0.366 e. The molecule has 5 rings (SSSR count). The lowest BCUT2D eigenvalue weighted by Gasteiger charge is -2.05. The van der Waals surface area contributed by atoms with E-state index >= 15 is 0 Å². The summed E-state index contributed by atoms with van der Waals surface area (Å²) in [6.07, 6.45) is 0.597. The summed E-state index contributed by atoms with van der Waals surface area (Å²) >= 11 is 0. The molecule has 0 aliphatic rings. The van der Waals surface area contributed by atoms with Crippen molar-refractivity contribution in [2.45, 2.75) is 6.42 Å². The summed E-state index contributed by atoms with van der Waals surface area (Å²) in [5.41, 5.74) is 10.2. The Morgan fingerprint density at radius 2 is 1.72 bits per heavy atom. The molecule has 8 nitrogen and oxygen atoms in total. The van der Waals surface area contributed by atoms with Crippen molar-refractivity contribution in [1.82, 2.24) is 25.3 Å². The van der Waals surface area contributed by atoms with Crippen LogP contribution in [0.2, 0.25) is 0 Å². The van der Waals surface area contributed by atoms with Crippen LogP contribution in [0, 0.1) is 0 Å². The number of carbonyl (C=O) groups excluding carboxylic acids is 2. The van der Waals surface area contributed by atoms with Gasteiger partial charge in [0.05, 0.1) is 22.1 Å². The number of hydrogen-bond donors (Lipinski definition) is 4. The first-order valence-corrected chi connectivity index (χ1v) is 10.2. The fourth-order valence-electron chi connectivity index (χ4n) is 3.70. The molecule has 2 amide bonds. The molecular weight excluding hydrogens is 404 g/mol. The van der Waals surface area contributed by atoms with Crippen LogP contribution in [0.1, 0.15) is 26.5 Å². The predicted molar refractivity (Wildman–Crippen MR) is 122 cm³/mol. The van der Waals surface area contributed by atoms with Crippen molar-refractivity contribution in [2.75, 3.05) is 6.54 Å². The zero-order valence-corrected chi connectivity index (χ0v) is 17.1. The van der Waals surface area contributed by atoms with Gasteiger partial charge in [-0.05, 0) is 36.4 Å². The van der Waals surface area contributed by atoms with Gasteiger partial charge in [0.15, 0.2) is 0 Å². The molecule has 0 aliphatic carbocycles. The smallest absolute Gasteiger partial charge is 0.251 e. The third-order valence-electron chi connectivity index (χ3n) is 5.26. The maximum absolute atomic E-state index is 12.7. The van der Waals surface area contributed by atoms with E-state index < -0.39 is 5.91 Å². The van der Waals surface area contributed by atoms with E-state index in [2.05, 4.69) is 25.3 Å². The van der Waals surface area contributed by atoms with Crippen LogP contribution in [0.5, 0.6) is 0 Å².